The van der Waals surface area contributed by atoms with E-state index < -0.39 is 11.0 Å². The van der Waals surface area contributed by atoms with Crippen LogP contribution in [-0.2, 0) is 13.0 Å². The van der Waals surface area contributed by atoms with Crippen LogP contribution in [-0.4, -0.2) is 16.1 Å². The van der Waals surface area contributed by atoms with Gasteiger partial charge in [-0.1, -0.05) is 18.1 Å². The molecule has 8 nitrogen and oxygen atoms in total. The number of non-ortho nitro benzene ring substituents is 1. The number of hydrogen-bond donors (Lipinski definition) is 2. The third-order valence-corrected chi connectivity index (χ3v) is 3.07. The van der Waals surface area contributed by atoms with E-state index in [-0.39, 0.29) is 12.2 Å². The molecule has 8 heteroatoms. The molecule has 22 heavy (non-hydrogen) atoms. The normalized spacial score (nSPS) is 10.3. The van der Waals surface area contributed by atoms with Crippen molar-refractivity contribution in [2.24, 2.45) is 0 Å². The monoisotopic (exact) mass is 304 g/mol. The molecular weight excluding hydrogens is 288 g/mol. The summed E-state index contributed by atoms with van der Waals surface area (Å²) in [6.07, 6.45) is 0.753. The summed E-state index contributed by atoms with van der Waals surface area (Å²) in [6, 6.07) is 5.58. The fourth-order valence-electron chi connectivity index (χ4n) is 1.80. The summed E-state index contributed by atoms with van der Waals surface area (Å²) >= 11 is 0. The van der Waals surface area contributed by atoms with Gasteiger partial charge in [-0.25, -0.2) is 4.79 Å². The first-order valence-corrected chi connectivity index (χ1v) is 6.74. The van der Waals surface area contributed by atoms with E-state index in [1.54, 1.807) is 19.1 Å². The zero-order valence-electron chi connectivity index (χ0n) is 12.3. The van der Waals surface area contributed by atoms with E-state index in [1.807, 2.05) is 6.92 Å². The summed E-state index contributed by atoms with van der Waals surface area (Å²) in [5.41, 5.74) is 1.85. The van der Waals surface area contributed by atoms with Crippen LogP contribution in [0.3, 0.4) is 0 Å². The number of carbonyl (C=O) groups is 1. The smallest absolute Gasteiger partial charge is 0.319 e. The number of aryl methyl sites for hydroxylation is 2. The van der Waals surface area contributed by atoms with Crippen molar-refractivity contribution in [1.29, 1.82) is 0 Å². The van der Waals surface area contributed by atoms with Crippen LogP contribution >= 0.6 is 0 Å². The molecule has 0 spiro atoms. The highest BCUT2D eigenvalue weighted by molar-refractivity contribution is 5.90. The van der Waals surface area contributed by atoms with Gasteiger partial charge in [0.25, 0.3) is 5.69 Å². The molecule has 1 heterocycles. The molecule has 0 saturated heterocycles. The molecule has 2 amide bonds. The van der Waals surface area contributed by atoms with E-state index in [4.69, 9.17) is 4.52 Å². The molecule has 0 bridgehead atoms. The molecule has 0 aliphatic heterocycles. The topological polar surface area (TPSA) is 110 Å². The number of hydrogen-bond acceptors (Lipinski definition) is 5. The van der Waals surface area contributed by atoms with Crippen molar-refractivity contribution in [3.63, 3.8) is 0 Å². The predicted molar refractivity (Wildman–Crippen MR) is 79.6 cm³/mol. The van der Waals surface area contributed by atoms with E-state index in [9.17, 15) is 14.9 Å². The molecule has 0 fully saturated rings. The minimum Gasteiger partial charge on any atom is -0.359 e. The highest BCUT2D eigenvalue weighted by Gasteiger charge is 2.11. The Morgan fingerprint density at radius 1 is 1.41 bits per heavy atom. The molecule has 0 unspecified atom stereocenters. The lowest BCUT2D eigenvalue weighted by molar-refractivity contribution is -0.384. The maximum atomic E-state index is 11.8. The summed E-state index contributed by atoms with van der Waals surface area (Å²) in [5.74, 6) is 0.544. The van der Waals surface area contributed by atoms with Crippen molar-refractivity contribution in [3.8, 4) is 0 Å². The number of amides is 2. The molecule has 1 aromatic heterocycles. The van der Waals surface area contributed by atoms with Crippen LogP contribution in [0.1, 0.15) is 23.9 Å². The standard InChI is InChI=1S/C14H16N4O4/c1-3-10-6-12(22-17-10)8-15-14(19)16-13-7-11(18(20)21)5-4-9(13)2/h4-7H,3,8H2,1-2H3,(H2,15,16,19). The van der Waals surface area contributed by atoms with E-state index in [1.165, 1.54) is 12.1 Å². The maximum Gasteiger partial charge on any atom is 0.319 e. The van der Waals surface area contributed by atoms with Gasteiger partial charge in [0, 0.05) is 18.2 Å². The van der Waals surface area contributed by atoms with Gasteiger partial charge in [0.1, 0.15) is 0 Å². The fourth-order valence-corrected chi connectivity index (χ4v) is 1.80. The van der Waals surface area contributed by atoms with Crippen molar-refractivity contribution < 1.29 is 14.2 Å². The van der Waals surface area contributed by atoms with Crippen molar-refractivity contribution in [2.45, 2.75) is 26.8 Å². The first-order chi connectivity index (χ1) is 10.5. The molecular formula is C14H16N4O4. The van der Waals surface area contributed by atoms with Gasteiger partial charge in [0.15, 0.2) is 5.76 Å². The lowest BCUT2D eigenvalue weighted by atomic mass is 10.2. The second-order valence-corrected chi connectivity index (χ2v) is 4.70. The molecule has 0 aliphatic carbocycles. The second kappa shape index (κ2) is 6.70. The number of anilines is 1. The number of nitrogens with zero attached hydrogens (tertiary/aromatic N) is 2. The molecule has 116 valence electrons. The Labute approximate surface area is 126 Å². The molecule has 0 aliphatic rings. The number of rotatable bonds is 5. The summed E-state index contributed by atoms with van der Waals surface area (Å²) in [5, 5.41) is 19.8. The maximum absolute atomic E-state index is 11.8. The van der Waals surface area contributed by atoms with Crippen LogP contribution in [0.4, 0.5) is 16.2 Å². The largest absolute Gasteiger partial charge is 0.359 e. The Kier molecular flexibility index (Phi) is 4.72. The number of nitro benzene ring substituents is 1. The molecule has 0 atom stereocenters. The van der Waals surface area contributed by atoms with Crippen molar-refractivity contribution >= 4 is 17.4 Å². The van der Waals surface area contributed by atoms with Gasteiger partial charge in [-0.15, -0.1) is 0 Å². The zero-order valence-corrected chi connectivity index (χ0v) is 12.3. The Balaban J connectivity index is 1.96. The molecule has 2 N–H and O–H groups in total. The summed E-state index contributed by atoms with van der Waals surface area (Å²) < 4.78 is 5.05. The van der Waals surface area contributed by atoms with Crippen molar-refractivity contribution in [2.75, 3.05) is 5.32 Å². The Hall–Kier alpha value is -2.90. The first kappa shape index (κ1) is 15.5. The van der Waals surface area contributed by atoms with E-state index in [0.29, 0.717) is 11.4 Å². The lowest BCUT2D eigenvalue weighted by Gasteiger charge is -2.08. The summed E-state index contributed by atoms with van der Waals surface area (Å²) in [4.78, 5) is 22.1. The van der Waals surface area contributed by atoms with Crippen molar-refractivity contribution in [1.82, 2.24) is 10.5 Å². The van der Waals surface area contributed by atoms with E-state index in [0.717, 1.165) is 17.7 Å². The third-order valence-electron chi connectivity index (χ3n) is 3.07. The van der Waals surface area contributed by atoms with Crippen LogP contribution in [0.15, 0.2) is 28.8 Å². The molecule has 1 aromatic carbocycles. The molecule has 0 saturated carbocycles. The average Bonchev–Trinajstić information content (AvgIpc) is 2.95. The highest BCUT2D eigenvalue weighted by Crippen LogP contribution is 2.21. The Morgan fingerprint density at radius 2 is 2.18 bits per heavy atom. The van der Waals surface area contributed by atoms with Crippen LogP contribution in [0, 0.1) is 17.0 Å². The van der Waals surface area contributed by atoms with Crippen LogP contribution in [0.25, 0.3) is 0 Å². The number of carbonyl (C=O) groups excluding carboxylic acids is 1. The minimum atomic E-state index is -0.511. The van der Waals surface area contributed by atoms with Gasteiger partial charge in [-0.05, 0) is 18.9 Å². The van der Waals surface area contributed by atoms with Gasteiger partial charge in [0.2, 0.25) is 0 Å². The number of benzene rings is 1. The highest BCUT2D eigenvalue weighted by atomic mass is 16.6. The minimum absolute atomic E-state index is 0.0799. The van der Waals surface area contributed by atoms with Crippen molar-refractivity contribution in [3.05, 3.63) is 51.4 Å². The first-order valence-electron chi connectivity index (χ1n) is 6.74. The molecule has 2 aromatic rings. The number of nitro groups is 1. The summed E-state index contributed by atoms with van der Waals surface area (Å²) in [7, 11) is 0. The van der Waals surface area contributed by atoms with Crippen LogP contribution < -0.4 is 10.6 Å². The Morgan fingerprint density at radius 3 is 2.82 bits per heavy atom. The second-order valence-electron chi connectivity index (χ2n) is 4.70. The van der Waals surface area contributed by atoms with E-state index >= 15 is 0 Å². The van der Waals surface area contributed by atoms with Gasteiger partial charge >= 0.3 is 6.03 Å². The van der Waals surface area contributed by atoms with E-state index in [2.05, 4.69) is 15.8 Å². The van der Waals surface area contributed by atoms with Crippen LogP contribution in [0.2, 0.25) is 0 Å². The van der Waals surface area contributed by atoms with Crippen LogP contribution in [0.5, 0.6) is 0 Å². The zero-order chi connectivity index (χ0) is 16.1. The average molecular weight is 304 g/mol. The number of nitrogens with one attached hydrogen (secondary N) is 2. The molecule has 2 rings (SSSR count). The number of urea groups is 1. The Bertz CT molecular complexity index is 696. The fraction of sp³-hybridized carbons (Fsp3) is 0.286. The summed E-state index contributed by atoms with van der Waals surface area (Å²) in [6.45, 7) is 3.89. The molecule has 0 radical (unpaired) electrons. The third kappa shape index (κ3) is 3.81. The lowest BCUT2D eigenvalue weighted by Crippen LogP contribution is -2.28. The number of aromatic nitrogens is 1. The SMILES string of the molecule is CCc1cc(CNC(=O)Nc2cc([N+](=O)[O-])ccc2C)on1. The van der Waals surface area contributed by atoms with Gasteiger partial charge in [0.05, 0.1) is 22.8 Å². The van der Waals surface area contributed by atoms with Gasteiger partial charge in [-0.2, -0.15) is 0 Å². The predicted octanol–water partition coefficient (Wildman–Crippen LogP) is 2.78. The van der Waals surface area contributed by atoms with Gasteiger partial charge < -0.3 is 15.2 Å². The quantitative estimate of drug-likeness (QED) is 0.652. The van der Waals surface area contributed by atoms with Gasteiger partial charge in [-0.3, -0.25) is 10.1 Å².